The molecular weight excluding hydrogens is 577 g/mol. The van der Waals surface area contributed by atoms with E-state index in [0.717, 1.165) is 11.8 Å². The summed E-state index contributed by atoms with van der Waals surface area (Å²) in [6.07, 6.45) is 0. The molecule has 2 aromatic carbocycles. The number of aliphatic hydroxyl groups is 1. The maximum Gasteiger partial charge on any atom is 0.344 e. The first-order valence-electron chi connectivity index (χ1n) is 10.8. The molecule has 196 valence electrons. The predicted molar refractivity (Wildman–Crippen MR) is 144 cm³/mol. The van der Waals surface area contributed by atoms with Gasteiger partial charge in [-0.2, -0.15) is 0 Å². The van der Waals surface area contributed by atoms with E-state index in [0.29, 0.717) is 29.1 Å². The van der Waals surface area contributed by atoms with Crippen molar-refractivity contribution in [1.29, 1.82) is 0 Å². The van der Waals surface area contributed by atoms with Gasteiger partial charge in [0.25, 0.3) is 11.4 Å². The van der Waals surface area contributed by atoms with Gasteiger partial charge in [0.1, 0.15) is 12.4 Å². The van der Waals surface area contributed by atoms with E-state index in [1.807, 2.05) is 0 Å². The summed E-state index contributed by atoms with van der Waals surface area (Å²) < 4.78 is 13.4. The van der Waals surface area contributed by atoms with Crippen LogP contribution in [-0.4, -0.2) is 55.5 Å². The Morgan fingerprint density at radius 2 is 1.66 bits per heavy atom. The van der Waals surface area contributed by atoms with Crippen LogP contribution in [0.2, 0.25) is 0 Å². The number of nitro groups is 2. The number of benzene rings is 2. The molecule has 1 N–H and O–H groups in total. The van der Waals surface area contributed by atoms with Crippen LogP contribution in [0, 0.1) is 20.2 Å². The standard InChI is InChI=1S/C22H16N4O8S4/c1-2-33-19(28)22(10-35-20-23-13-5-3-11(25(29)30)7-16(13)36-20)18(15(27)9-34-22)38-21-24-14-6-4-12(26(31)32)8-17(14)37-21/h3-8,27H,2,9-10H2,1H3. The molecule has 0 amide bonds. The Kier molecular flexibility index (Phi) is 7.23. The average molecular weight is 593 g/mol. The average Bonchev–Trinajstić information content (AvgIpc) is 3.57. The molecule has 1 atom stereocenters. The van der Waals surface area contributed by atoms with Gasteiger partial charge in [-0.1, -0.05) is 23.5 Å². The zero-order valence-electron chi connectivity index (χ0n) is 19.3. The van der Waals surface area contributed by atoms with Gasteiger partial charge in [0.05, 0.1) is 41.8 Å². The summed E-state index contributed by atoms with van der Waals surface area (Å²) in [5.41, 5.74) is -0.641. The van der Waals surface area contributed by atoms with E-state index in [4.69, 9.17) is 9.47 Å². The molecule has 0 radical (unpaired) electrons. The highest BCUT2D eigenvalue weighted by Crippen LogP contribution is 2.48. The van der Waals surface area contributed by atoms with Gasteiger partial charge in [-0.3, -0.25) is 20.2 Å². The van der Waals surface area contributed by atoms with Crippen molar-refractivity contribution in [3.63, 3.8) is 0 Å². The minimum atomic E-state index is -1.65. The maximum absolute atomic E-state index is 13.2. The second-order valence-corrected chi connectivity index (χ2v) is 12.3. The monoisotopic (exact) mass is 592 g/mol. The molecule has 38 heavy (non-hydrogen) atoms. The highest BCUT2D eigenvalue weighted by atomic mass is 32.2. The first-order chi connectivity index (χ1) is 18.2. The van der Waals surface area contributed by atoms with Gasteiger partial charge in [-0.25, -0.2) is 14.8 Å². The molecule has 1 aliphatic heterocycles. The van der Waals surface area contributed by atoms with E-state index in [2.05, 4.69) is 9.97 Å². The third-order valence-corrected chi connectivity index (χ3v) is 10.1. The van der Waals surface area contributed by atoms with Crippen molar-refractivity contribution in [1.82, 2.24) is 9.97 Å². The summed E-state index contributed by atoms with van der Waals surface area (Å²) in [6.45, 7) is 1.53. The summed E-state index contributed by atoms with van der Waals surface area (Å²) in [5.74, 6) is -0.822. The smallest absolute Gasteiger partial charge is 0.344 e. The van der Waals surface area contributed by atoms with Gasteiger partial charge in [0.2, 0.25) is 5.60 Å². The summed E-state index contributed by atoms with van der Waals surface area (Å²) in [7, 11) is 0. The Morgan fingerprint density at radius 3 is 2.24 bits per heavy atom. The summed E-state index contributed by atoms with van der Waals surface area (Å²) in [5, 5.41) is 32.9. The number of rotatable bonds is 9. The Morgan fingerprint density at radius 1 is 1.08 bits per heavy atom. The topological polar surface area (TPSA) is 168 Å². The number of aromatic nitrogens is 2. The number of nitrogens with zero attached hydrogens (tertiary/aromatic N) is 4. The van der Waals surface area contributed by atoms with Crippen molar-refractivity contribution < 1.29 is 29.2 Å². The van der Waals surface area contributed by atoms with Gasteiger partial charge in [-0.15, -0.1) is 22.7 Å². The molecule has 0 saturated carbocycles. The second kappa shape index (κ2) is 10.5. The highest BCUT2D eigenvalue weighted by molar-refractivity contribution is 8.05. The number of hydrogen-bond acceptors (Lipinski definition) is 14. The van der Waals surface area contributed by atoms with Crippen molar-refractivity contribution >= 4 is 84.0 Å². The van der Waals surface area contributed by atoms with E-state index in [1.165, 1.54) is 58.7 Å². The molecule has 0 saturated heterocycles. The number of carbonyl (C=O) groups excluding carboxylic acids is 1. The van der Waals surface area contributed by atoms with Crippen LogP contribution < -0.4 is 0 Å². The van der Waals surface area contributed by atoms with Crippen molar-refractivity contribution in [2.45, 2.75) is 21.2 Å². The fraction of sp³-hybridized carbons (Fsp3) is 0.227. The minimum Gasteiger partial charge on any atom is -0.509 e. The van der Waals surface area contributed by atoms with Gasteiger partial charge in [-0.05, 0) is 19.1 Å². The zero-order valence-corrected chi connectivity index (χ0v) is 22.6. The Bertz CT molecular complexity index is 1630. The molecular formula is C22H16N4O8S4. The number of thiazole rings is 2. The van der Waals surface area contributed by atoms with Crippen LogP contribution in [0.15, 0.2) is 55.7 Å². The fourth-order valence-electron chi connectivity index (χ4n) is 3.63. The van der Waals surface area contributed by atoms with Gasteiger partial charge < -0.3 is 14.6 Å². The normalized spacial score (nSPS) is 17.4. The Balaban J connectivity index is 1.45. The van der Waals surface area contributed by atoms with E-state index in [9.17, 15) is 30.1 Å². The molecule has 5 rings (SSSR count). The van der Waals surface area contributed by atoms with Crippen molar-refractivity contribution in [2.24, 2.45) is 0 Å². The molecule has 0 fully saturated rings. The molecule has 4 aromatic rings. The molecule has 0 bridgehead atoms. The number of hydrogen-bond donors (Lipinski definition) is 1. The van der Waals surface area contributed by atoms with Gasteiger partial charge in [0.15, 0.2) is 8.68 Å². The molecule has 0 spiro atoms. The Labute approximate surface area is 230 Å². The largest absolute Gasteiger partial charge is 0.509 e. The van der Waals surface area contributed by atoms with Crippen molar-refractivity contribution in [3.05, 3.63) is 67.3 Å². The minimum absolute atomic E-state index is 0.0104. The SMILES string of the molecule is CCOC(=O)C1(CSc2nc3ccc([N+](=O)[O-])cc3s2)OCC(O)=C1Sc1nc2ccc([N+](=O)[O-])cc2s1. The van der Waals surface area contributed by atoms with E-state index >= 15 is 0 Å². The van der Waals surface area contributed by atoms with E-state index < -0.39 is 21.4 Å². The van der Waals surface area contributed by atoms with Crippen LogP contribution in [0.4, 0.5) is 11.4 Å². The van der Waals surface area contributed by atoms with Crippen LogP contribution in [0.25, 0.3) is 20.4 Å². The lowest BCUT2D eigenvalue weighted by Crippen LogP contribution is -2.44. The third kappa shape index (κ3) is 4.92. The lowest BCUT2D eigenvalue weighted by molar-refractivity contribution is -0.384. The number of nitro benzene ring substituents is 2. The van der Waals surface area contributed by atoms with Crippen molar-refractivity contribution in [3.8, 4) is 0 Å². The Hall–Kier alpha value is -3.31. The fourth-order valence-corrected chi connectivity index (χ4v) is 8.26. The number of non-ortho nitro benzene ring substituents is 2. The van der Waals surface area contributed by atoms with Crippen LogP contribution in [-0.2, 0) is 14.3 Å². The van der Waals surface area contributed by atoms with Gasteiger partial charge in [0, 0.05) is 30.0 Å². The predicted octanol–water partition coefficient (Wildman–Crippen LogP) is 5.71. The molecule has 0 aliphatic carbocycles. The zero-order chi connectivity index (χ0) is 27.0. The molecule has 12 nitrogen and oxygen atoms in total. The quantitative estimate of drug-likeness (QED) is 0.109. The van der Waals surface area contributed by atoms with Crippen LogP contribution in [0.5, 0.6) is 0 Å². The first kappa shape index (κ1) is 26.3. The molecule has 16 heteroatoms. The number of ether oxygens (including phenoxy) is 2. The number of esters is 1. The maximum atomic E-state index is 13.2. The molecule has 1 unspecified atom stereocenters. The summed E-state index contributed by atoms with van der Waals surface area (Å²) in [4.78, 5) is 43.7. The van der Waals surface area contributed by atoms with Crippen LogP contribution >= 0.6 is 46.2 Å². The molecule has 3 heterocycles. The number of aliphatic hydroxyl groups excluding tert-OH is 1. The van der Waals surface area contributed by atoms with Gasteiger partial charge >= 0.3 is 5.97 Å². The number of fused-ring (bicyclic) bond motifs is 2. The summed E-state index contributed by atoms with van der Waals surface area (Å²) >= 11 is 4.66. The molecule has 1 aliphatic rings. The second-order valence-electron chi connectivity index (χ2n) is 7.78. The third-order valence-electron chi connectivity index (χ3n) is 5.40. The highest BCUT2D eigenvalue weighted by Gasteiger charge is 2.52. The van der Waals surface area contributed by atoms with Crippen molar-refractivity contribution in [2.75, 3.05) is 19.0 Å². The lowest BCUT2D eigenvalue weighted by atomic mass is 10.1. The van der Waals surface area contributed by atoms with E-state index in [-0.39, 0.29) is 41.0 Å². The molecule has 2 aromatic heterocycles. The number of thioether (sulfide) groups is 2. The van der Waals surface area contributed by atoms with Crippen LogP contribution in [0.1, 0.15) is 6.92 Å². The summed E-state index contributed by atoms with van der Waals surface area (Å²) in [6, 6.07) is 8.69. The number of carbonyl (C=O) groups is 1. The van der Waals surface area contributed by atoms with E-state index in [1.54, 1.807) is 19.1 Å². The van der Waals surface area contributed by atoms with Crippen LogP contribution in [0.3, 0.4) is 0 Å². The lowest BCUT2D eigenvalue weighted by Gasteiger charge is -2.27. The first-order valence-corrected chi connectivity index (χ1v) is 14.3.